The van der Waals surface area contributed by atoms with Gasteiger partial charge in [-0.2, -0.15) is 11.3 Å². The molecule has 0 amide bonds. The highest BCUT2D eigenvalue weighted by atomic mass is 127. The predicted octanol–water partition coefficient (Wildman–Crippen LogP) is 3.63. The molecule has 1 unspecified atom stereocenters. The van der Waals surface area contributed by atoms with Crippen LogP contribution in [0.3, 0.4) is 0 Å². The maximum atomic E-state index is 5.14. The molecule has 5 nitrogen and oxygen atoms in total. The van der Waals surface area contributed by atoms with Crippen molar-refractivity contribution in [3.63, 3.8) is 0 Å². The van der Waals surface area contributed by atoms with Crippen molar-refractivity contribution in [2.24, 2.45) is 4.99 Å². The molecule has 2 heterocycles. The number of aliphatic imine (C=N–C) groups is 1. The number of thiophene rings is 1. The van der Waals surface area contributed by atoms with Gasteiger partial charge in [0.15, 0.2) is 5.96 Å². The van der Waals surface area contributed by atoms with E-state index in [1.165, 1.54) is 5.56 Å². The van der Waals surface area contributed by atoms with Gasteiger partial charge in [-0.3, -0.25) is 0 Å². The average Bonchev–Trinajstić information content (AvgIpc) is 3.12. The van der Waals surface area contributed by atoms with Gasteiger partial charge in [0, 0.05) is 19.2 Å². The second kappa shape index (κ2) is 11.2. The molecule has 2 aromatic rings. The van der Waals surface area contributed by atoms with E-state index in [1.54, 1.807) is 18.4 Å². The second-order valence-electron chi connectivity index (χ2n) is 5.21. The molecule has 2 aromatic heterocycles. The number of pyridine rings is 1. The number of rotatable bonds is 7. The van der Waals surface area contributed by atoms with Gasteiger partial charge < -0.3 is 15.4 Å². The van der Waals surface area contributed by atoms with Crippen LogP contribution in [0.1, 0.15) is 31.0 Å². The summed E-state index contributed by atoms with van der Waals surface area (Å²) in [6, 6.07) is 7.87. The first-order chi connectivity index (χ1) is 11.2. The molecular formula is C17H25IN4OS. The zero-order chi connectivity index (χ0) is 16.5. The van der Waals surface area contributed by atoms with Crippen LogP contribution in [0, 0.1) is 0 Å². The van der Waals surface area contributed by atoms with E-state index in [-0.39, 0.29) is 24.0 Å². The van der Waals surface area contributed by atoms with Crippen LogP contribution in [0.2, 0.25) is 0 Å². The summed E-state index contributed by atoms with van der Waals surface area (Å²) in [4.78, 5) is 8.97. The summed E-state index contributed by atoms with van der Waals surface area (Å²) >= 11 is 1.73. The van der Waals surface area contributed by atoms with Gasteiger partial charge in [-0.1, -0.05) is 13.0 Å². The molecule has 0 aliphatic rings. The van der Waals surface area contributed by atoms with E-state index >= 15 is 0 Å². The minimum atomic E-state index is 0. The first-order valence-electron chi connectivity index (χ1n) is 7.77. The van der Waals surface area contributed by atoms with Gasteiger partial charge >= 0.3 is 0 Å². The highest BCUT2D eigenvalue weighted by Gasteiger charge is 2.07. The van der Waals surface area contributed by atoms with Crippen LogP contribution >= 0.6 is 35.3 Å². The van der Waals surface area contributed by atoms with Crippen LogP contribution < -0.4 is 15.4 Å². The van der Waals surface area contributed by atoms with Gasteiger partial charge in [0.2, 0.25) is 5.88 Å². The summed E-state index contributed by atoms with van der Waals surface area (Å²) in [5, 5.41) is 11.0. The minimum absolute atomic E-state index is 0. The van der Waals surface area contributed by atoms with Gasteiger partial charge in [0.05, 0.1) is 19.3 Å². The molecule has 132 valence electrons. The van der Waals surface area contributed by atoms with E-state index in [1.807, 2.05) is 18.2 Å². The minimum Gasteiger partial charge on any atom is -0.481 e. The fourth-order valence-electron chi connectivity index (χ4n) is 2.08. The number of halogens is 1. The Hall–Kier alpha value is -1.35. The third-order valence-corrected chi connectivity index (χ3v) is 4.12. The molecular weight excluding hydrogens is 435 g/mol. The average molecular weight is 460 g/mol. The third kappa shape index (κ3) is 6.64. The van der Waals surface area contributed by atoms with E-state index in [4.69, 9.17) is 4.74 Å². The Bertz CT molecular complexity index is 619. The van der Waals surface area contributed by atoms with Gasteiger partial charge in [-0.05, 0) is 41.3 Å². The number of hydrogen-bond donors (Lipinski definition) is 2. The molecule has 24 heavy (non-hydrogen) atoms. The van der Waals surface area contributed by atoms with Crippen molar-refractivity contribution in [1.29, 1.82) is 0 Å². The molecule has 7 heteroatoms. The number of nitrogens with one attached hydrogen (secondary N) is 2. The van der Waals surface area contributed by atoms with E-state index < -0.39 is 0 Å². The quantitative estimate of drug-likeness (QED) is 0.377. The van der Waals surface area contributed by atoms with E-state index in [0.717, 1.165) is 24.7 Å². The lowest BCUT2D eigenvalue weighted by Crippen LogP contribution is -2.39. The van der Waals surface area contributed by atoms with Gasteiger partial charge in [-0.15, -0.1) is 24.0 Å². The molecule has 0 aromatic carbocycles. The summed E-state index contributed by atoms with van der Waals surface area (Å²) in [6.45, 7) is 6.45. The Morgan fingerprint density at radius 3 is 2.83 bits per heavy atom. The van der Waals surface area contributed by atoms with Crippen molar-refractivity contribution in [2.45, 2.75) is 26.3 Å². The summed E-state index contributed by atoms with van der Waals surface area (Å²) in [5.41, 5.74) is 2.24. The third-order valence-electron chi connectivity index (χ3n) is 3.42. The fourth-order valence-corrected chi connectivity index (χ4v) is 2.87. The van der Waals surface area contributed by atoms with Crippen molar-refractivity contribution >= 4 is 41.3 Å². The Labute approximate surface area is 165 Å². The van der Waals surface area contributed by atoms with Crippen LogP contribution in [-0.2, 0) is 6.54 Å². The zero-order valence-electron chi connectivity index (χ0n) is 14.3. The number of methoxy groups -OCH3 is 1. The number of nitrogens with zero attached hydrogens (tertiary/aromatic N) is 2. The first kappa shape index (κ1) is 20.7. The molecule has 0 saturated heterocycles. The molecule has 0 aliphatic carbocycles. The Morgan fingerprint density at radius 1 is 1.33 bits per heavy atom. The van der Waals surface area contributed by atoms with Crippen LogP contribution in [-0.4, -0.2) is 31.1 Å². The lowest BCUT2D eigenvalue weighted by molar-refractivity contribution is 0.396. The largest absolute Gasteiger partial charge is 0.481 e. The van der Waals surface area contributed by atoms with Gasteiger partial charge in [0.1, 0.15) is 0 Å². The highest BCUT2D eigenvalue weighted by molar-refractivity contribution is 14.0. The Kier molecular flexibility index (Phi) is 9.70. The van der Waals surface area contributed by atoms with Crippen molar-refractivity contribution in [1.82, 2.24) is 15.6 Å². The topological polar surface area (TPSA) is 58.5 Å². The summed E-state index contributed by atoms with van der Waals surface area (Å²) in [7, 11) is 1.62. The van der Waals surface area contributed by atoms with Crippen LogP contribution in [0.4, 0.5) is 0 Å². The fraction of sp³-hybridized carbons (Fsp3) is 0.412. The maximum absolute atomic E-state index is 5.14. The summed E-state index contributed by atoms with van der Waals surface area (Å²) in [5.74, 6) is 1.86. The molecule has 1 atom stereocenters. The van der Waals surface area contributed by atoms with E-state index in [0.29, 0.717) is 18.3 Å². The number of aromatic nitrogens is 1. The molecule has 0 radical (unpaired) electrons. The van der Waals surface area contributed by atoms with Crippen LogP contribution in [0.5, 0.6) is 5.88 Å². The lowest BCUT2D eigenvalue weighted by Gasteiger charge is -2.15. The molecule has 0 saturated carbocycles. The van der Waals surface area contributed by atoms with Crippen LogP contribution in [0.25, 0.3) is 0 Å². The predicted molar refractivity (Wildman–Crippen MR) is 112 cm³/mol. The smallest absolute Gasteiger partial charge is 0.213 e. The molecule has 0 bridgehead atoms. The molecule has 0 spiro atoms. The number of ether oxygens (including phenoxy) is 1. The van der Waals surface area contributed by atoms with Crippen molar-refractivity contribution in [3.05, 3.63) is 46.3 Å². The van der Waals surface area contributed by atoms with Crippen molar-refractivity contribution in [3.8, 4) is 5.88 Å². The van der Waals surface area contributed by atoms with Crippen molar-refractivity contribution in [2.75, 3.05) is 20.2 Å². The Balaban J connectivity index is 0.00000288. The van der Waals surface area contributed by atoms with Crippen LogP contribution in [0.15, 0.2) is 40.0 Å². The molecule has 2 N–H and O–H groups in total. The first-order valence-corrected chi connectivity index (χ1v) is 8.71. The van der Waals surface area contributed by atoms with Gasteiger partial charge in [0.25, 0.3) is 0 Å². The highest BCUT2D eigenvalue weighted by Crippen LogP contribution is 2.17. The monoisotopic (exact) mass is 460 g/mol. The maximum Gasteiger partial charge on any atom is 0.213 e. The summed E-state index contributed by atoms with van der Waals surface area (Å²) < 4.78 is 5.14. The number of guanidine groups is 1. The van der Waals surface area contributed by atoms with Crippen molar-refractivity contribution < 1.29 is 4.74 Å². The van der Waals surface area contributed by atoms with Gasteiger partial charge in [-0.25, -0.2) is 9.98 Å². The van der Waals surface area contributed by atoms with E-state index in [9.17, 15) is 0 Å². The zero-order valence-corrected chi connectivity index (χ0v) is 17.4. The summed E-state index contributed by atoms with van der Waals surface area (Å²) in [6.07, 6.45) is 0. The SMILES string of the molecule is CCNC(=NCc1cccc(OC)n1)NCC(C)c1ccsc1.I. The second-order valence-corrected chi connectivity index (χ2v) is 5.99. The molecule has 0 aliphatic heterocycles. The Morgan fingerprint density at radius 2 is 2.17 bits per heavy atom. The molecule has 0 fully saturated rings. The molecule has 2 rings (SSSR count). The van der Waals surface area contributed by atoms with E-state index in [2.05, 4.69) is 51.3 Å². The standard InChI is InChI=1S/C17H24N4OS.HI/c1-4-18-17(19-10-13(2)14-8-9-23-12-14)20-11-15-6-5-7-16(21-15)22-3;/h5-9,12-13H,4,10-11H2,1-3H3,(H2,18,19,20);1H. The normalized spacial score (nSPS) is 12.2. The number of hydrogen-bond acceptors (Lipinski definition) is 4. The lowest BCUT2D eigenvalue weighted by atomic mass is 10.1.